The standard InChI is InChI=1S/C12H22N4O3S/c1-4-13-7-5-6-8-20(17,18)16-12-14-10(2)9-11(15-12)19-3/h9,13H,4-8H2,1-3H3,(H,14,15,16). The summed E-state index contributed by atoms with van der Waals surface area (Å²) in [6, 6.07) is 1.63. The van der Waals surface area contributed by atoms with Gasteiger partial charge < -0.3 is 10.1 Å². The number of rotatable bonds is 9. The van der Waals surface area contributed by atoms with Crippen LogP contribution in [0.4, 0.5) is 5.95 Å². The lowest BCUT2D eigenvalue weighted by atomic mass is 10.3. The Morgan fingerprint density at radius 1 is 1.30 bits per heavy atom. The first-order valence-corrected chi connectivity index (χ1v) is 8.23. The SMILES string of the molecule is CCNCCCCS(=O)(=O)Nc1nc(C)cc(OC)n1. The molecule has 0 aliphatic carbocycles. The molecule has 0 fully saturated rings. The molecule has 0 aliphatic heterocycles. The number of nitrogens with zero attached hydrogens (tertiary/aromatic N) is 2. The summed E-state index contributed by atoms with van der Waals surface area (Å²) >= 11 is 0. The van der Waals surface area contributed by atoms with Gasteiger partial charge in [-0.15, -0.1) is 0 Å². The summed E-state index contributed by atoms with van der Waals surface area (Å²) in [7, 11) is -1.95. The molecule has 20 heavy (non-hydrogen) atoms. The second-order valence-corrected chi connectivity index (χ2v) is 6.20. The van der Waals surface area contributed by atoms with E-state index in [9.17, 15) is 8.42 Å². The van der Waals surface area contributed by atoms with Crippen LogP contribution in [0.3, 0.4) is 0 Å². The lowest BCUT2D eigenvalue weighted by Crippen LogP contribution is -2.20. The highest BCUT2D eigenvalue weighted by Gasteiger charge is 2.13. The van der Waals surface area contributed by atoms with Gasteiger partial charge >= 0.3 is 0 Å². The van der Waals surface area contributed by atoms with Crippen molar-refractivity contribution in [1.29, 1.82) is 0 Å². The Hall–Kier alpha value is -1.41. The van der Waals surface area contributed by atoms with E-state index in [0.717, 1.165) is 19.5 Å². The minimum absolute atomic E-state index is 0.0496. The molecular weight excluding hydrogens is 280 g/mol. The van der Waals surface area contributed by atoms with Gasteiger partial charge in [-0.1, -0.05) is 6.92 Å². The zero-order chi connectivity index (χ0) is 15.0. The van der Waals surface area contributed by atoms with Crippen molar-refractivity contribution >= 4 is 16.0 Å². The third-order valence-electron chi connectivity index (χ3n) is 2.55. The van der Waals surface area contributed by atoms with E-state index in [-0.39, 0.29) is 11.7 Å². The first-order chi connectivity index (χ1) is 9.46. The largest absolute Gasteiger partial charge is 0.481 e. The van der Waals surface area contributed by atoms with Gasteiger partial charge in [-0.05, 0) is 32.9 Å². The molecule has 1 heterocycles. The Bertz CT molecular complexity index is 519. The van der Waals surface area contributed by atoms with Crippen LogP contribution in [0.5, 0.6) is 5.88 Å². The Morgan fingerprint density at radius 2 is 2.05 bits per heavy atom. The van der Waals surface area contributed by atoms with Gasteiger partial charge in [0.1, 0.15) is 0 Å². The zero-order valence-corrected chi connectivity index (χ0v) is 13.0. The lowest BCUT2D eigenvalue weighted by Gasteiger charge is -2.08. The Labute approximate surface area is 120 Å². The second-order valence-electron chi connectivity index (χ2n) is 4.36. The third kappa shape index (κ3) is 6.16. The highest BCUT2D eigenvalue weighted by molar-refractivity contribution is 7.92. The second kappa shape index (κ2) is 8.01. The van der Waals surface area contributed by atoms with Crippen LogP contribution in [0.1, 0.15) is 25.5 Å². The zero-order valence-electron chi connectivity index (χ0n) is 12.1. The molecule has 2 N–H and O–H groups in total. The molecule has 0 saturated carbocycles. The van der Waals surface area contributed by atoms with E-state index < -0.39 is 10.0 Å². The average molecular weight is 302 g/mol. The van der Waals surface area contributed by atoms with E-state index in [1.165, 1.54) is 7.11 Å². The number of anilines is 1. The smallest absolute Gasteiger partial charge is 0.240 e. The maximum Gasteiger partial charge on any atom is 0.240 e. The van der Waals surface area contributed by atoms with Gasteiger partial charge in [0.15, 0.2) is 0 Å². The van der Waals surface area contributed by atoms with Gasteiger partial charge in [-0.3, -0.25) is 4.72 Å². The molecule has 0 spiro atoms. The Morgan fingerprint density at radius 3 is 2.70 bits per heavy atom. The van der Waals surface area contributed by atoms with Crippen molar-refractivity contribution in [2.24, 2.45) is 0 Å². The van der Waals surface area contributed by atoms with Crippen molar-refractivity contribution in [1.82, 2.24) is 15.3 Å². The van der Waals surface area contributed by atoms with Crippen molar-refractivity contribution in [2.45, 2.75) is 26.7 Å². The monoisotopic (exact) mass is 302 g/mol. The van der Waals surface area contributed by atoms with E-state index in [0.29, 0.717) is 18.0 Å². The molecule has 0 saturated heterocycles. The van der Waals surface area contributed by atoms with E-state index in [1.54, 1.807) is 13.0 Å². The molecule has 0 radical (unpaired) electrons. The average Bonchev–Trinajstić information content (AvgIpc) is 2.37. The number of nitrogens with one attached hydrogen (secondary N) is 2. The number of methoxy groups -OCH3 is 1. The molecule has 0 atom stereocenters. The molecule has 0 aromatic carbocycles. The summed E-state index contributed by atoms with van der Waals surface area (Å²) in [5, 5.41) is 3.15. The summed E-state index contributed by atoms with van der Waals surface area (Å²) in [5.74, 6) is 0.439. The highest BCUT2D eigenvalue weighted by atomic mass is 32.2. The number of hydrogen-bond acceptors (Lipinski definition) is 6. The summed E-state index contributed by atoms with van der Waals surface area (Å²) in [4.78, 5) is 7.99. The van der Waals surface area contributed by atoms with Crippen LogP contribution in [0.25, 0.3) is 0 Å². The Kier molecular flexibility index (Phi) is 6.66. The number of sulfonamides is 1. The number of aromatic nitrogens is 2. The van der Waals surface area contributed by atoms with Crippen molar-refractivity contribution in [2.75, 3.05) is 30.7 Å². The molecule has 0 unspecified atom stereocenters. The van der Waals surface area contributed by atoms with E-state index in [4.69, 9.17) is 4.74 Å². The molecule has 1 aromatic rings. The lowest BCUT2D eigenvalue weighted by molar-refractivity contribution is 0.397. The van der Waals surface area contributed by atoms with Crippen molar-refractivity contribution < 1.29 is 13.2 Å². The number of aryl methyl sites for hydroxylation is 1. The van der Waals surface area contributed by atoms with E-state index >= 15 is 0 Å². The topological polar surface area (TPSA) is 93.2 Å². The maximum atomic E-state index is 11.9. The maximum absolute atomic E-state index is 11.9. The Balaban J connectivity index is 2.55. The van der Waals surface area contributed by atoms with Crippen LogP contribution in [-0.2, 0) is 10.0 Å². The minimum Gasteiger partial charge on any atom is -0.481 e. The number of hydrogen-bond donors (Lipinski definition) is 2. The van der Waals surface area contributed by atoms with Gasteiger partial charge in [0, 0.05) is 11.8 Å². The summed E-state index contributed by atoms with van der Waals surface area (Å²) < 4.78 is 31.1. The van der Waals surface area contributed by atoms with E-state index in [1.807, 2.05) is 6.92 Å². The number of ether oxygens (including phenoxy) is 1. The molecule has 1 aromatic heterocycles. The normalized spacial score (nSPS) is 11.3. The molecule has 1 rings (SSSR count). The molecule has 0 aliphatic rings. The fourth-order valence-electron chi connectivity index (χ4n) is 1.60. The molecule has 8 heteroatoms. The van der Waals surface area contributed by atoms with Crippen LogP contribution in [0.15, 0.2) is 6.07 Å². The van der Waals surface area contributed by atoms with Gasteiger partial charge in [-0.25, -0.2) is 13.4 Å². The highest BCUT2D eigenvalue weighted by Crippen LogP contribution is 2.12. The minimum atomic E-state index is -3.42. The molecule has 114 valence electrons. The van der Waals surface area contributed by atoms with E-state index in [2.05, 4.69) is 20.0 Å². The van der Waals surface area contributed by atoms with Crippen LogP contribution >= 0.6 is 0 Å². The first-order valence-electron chi connectivity index (χ1n) is 6.57. The van der Waals surface area contributed by atoms with Crippen molar-refractivity contribution in [3.63, 3.8) is 0 Å². The van der Waals surface area contributed by atoms with Gasteiger partial charge in [-0.2, -0.15) is 4.98 Å². The third-order valence-corrected chi connectivity index (χ3v) is 3.87. The fourth-order valence-corrected chi connectivity index (χ4v) is 2.65. The summed E-state index contributed by atoms with van der Waals surface area (Å²) in [5.41, 5.74) is 0.640. The van der Waals surface area contributed by atoms with Crippen LogP contribution in [0, 0.1) is 6.92 Å². The van der Waals surface area contributed by atoms with Crippen LogP contribution < -0.4 is 14.8 Å². The predicted molar refractivity (Wildman–Crippen MR) is 78.5 cm³/mol. The summed E-state index contributed by atoms with van der Waals surface area (Å²) in [6.45, 7) is 5.47. The number of unbranched alkanes of at least 4 members (excludes halogenated alkanes) is 1. The summed E-state index contributed by atoms with van der Waals surface area (Å²) in [6.07, 6.45) is 1.40. The molecule has 7 nitrogen and oxygen atoms in total. The fraction of sp³-hybridized carbons (Fsp3) is 0.667. The van der Waals surface area contributed by atoms with Crippen molar-refractivity contribution in [3.8, 4) is 5.88 Å². The van der Waals surface area contributed by atoms with Gasteiger partial charge in [0.2, 0.25) is 21.9 Å². The van der Waals surface area contributed by atoms with Gasteiger partial charge in [0.05, 0.1) is 12.9 Å². The predicted octanol–water partition coefficient (Wildman–Crippen LogP) is 0.925. The van der Waals surface area contributed by atoms with Crippen molar-refractivity contribution in [3.05, 3.63) is 11.8 Å². The molecule has 0 amide bonds. The molecular formula is C12H22N4O3S. The van der Waals surface area contributed by atoms with Crippen LogP contribution in [0.2, 0.25) is 0 Å². The van der Waals surface area contributed by atoms with Crippen LogP contribution in [-0.4, -0.2) is 44.3 Å². The first kappa shape index (κ1) is 16.6. The molecule has 0 bridgehead atoms. The van der Waals surface area contributed by atoms with Gasteiger partial charge in [0.25, 0.3) is 0 Å². The quantitative estimate of drug-likeness (QED) is 0.659.